The zero-order valence-corrected chi connectivity index (χ0v) is 64.0. The fraction of sp³-hybridized carbons (Fsp3) is 0.526. The van der Waals surface area contributed by atoms with Crippen molar-refractivity contribution >= 4 is 96.0 Å². The first-order valence-electron chi connectivity index (χ1n) is 33.0. The van der Waals surface area contributed by atoms with E-state index in [9.17, 15) is 0 Å². The molecule has 460 valence electrons. The molecule has 0 atom stereocenters. The van der Waals surface area contributed by atoms with E-state index in [1.807, 2.05) is 0 Å². The maximum Gasteiger partial charge on any atom is 2.00 e. The van der Waals surface area contributed by atoms with Crippen LogP contribution < -0.4 is 46.0 Å². The molecule has 0 radical (unpaired) electrons. The first-order chi connectivity index (χ1) is 39.4. The minimum absolute atomic E-state index is 0. The molecule has 0 aliphatic carbocycles. The largest absolute Gasteiger partial charge is 2.00 e. The van der Waals surface area contributed by atoms with Crippen molar-refractivity contribution in [2.45, 2.75) is 209 Å². The van der Waals surface area contributed by atoms with Gasteiger partial charge in [-0.05, 0) is 101 Å². The zero-order valence-electron chi connectivity index (χ0n) is 54.0. The SMILES string of the molecule is CCCCCCP(CCCCCC)c1cc2ccccc2[cH-]1.CCCCCCP(CCCCCC)c1cc2ccccc2[cH-]1.CCCCP(CCCC)c1cc2ccccc2[cH-]1.CCCCP(CCCC)c1cc2ccccc2[cH-]1.[Cl-].[Cl-].[Zr+2].[Zr+2]. The van der Waals surface area contributed by atoms with Crippen LogP contribution in [0.5, 0.6) is 0 Å². The van der Waals surface area contributed by atoms with Gasteiger partial charge in [0.2, 0.25) is 0 Å². The van der Waals surface area contributed by atoms with E-state index in [0.29, 0.717) is 0 Å². The number of hydrogen-bond acceptors (Lipinski definition) is 0. The summed E-state index contributed by atoms with van der Waals surface area (Å²) in [5.41, 5.74) is 0. The number of unbranched alkanes of at least 4 members (excludes halogenated alkanes) is 16. The molecule has 0 spiro atoms. The van der Waals surface area contributed by atoms with E-state index in [2.05, 4.69) is 201 Å². The van der Waals surface area contributed by atoms with Crippen molar-refractivity contribution < 1.29 is 77.2 Å². The molecule has 8 aromatic carbocycles. The summed E-state index contributed by atoms with van der Waals surface area (Å²) >= 11 is 0. The second kappa shape index (κ2) is 51.1. The number of hydrogen-bond donors (Lipinski definition) is 0. The molecule has 0 amide bonds. The summed E-state index contributed by atoms with van der Waals surface area (Å²) in [6, 6.07) is 54.9. The minimum atomic E-state index is 0. The van der Waals surface area contributed by atoms with Gasteiger partial charge in [-0.15, -0.1) is 161 Å². The van der Waals surface area contributed by atoms with Crippen molar-refractivity contribution in [2.75, 3.05) is 49.3 Å². The molecule has 84 heavy (non-hydrogen) atoms. The Hall–Kier alpha value is -0.614. The topological polar surface area (TPSA) is 0 Å². The van der Waals surface area contributed by atoms with Crippen LogP contribution in [-0.4, -0.2) is 49.3 Å². The van der Waals surface area contributed by atoms with Gasteiger partial charge in [0, 0.05) is 0 Å². The fourth-order valence-electron chi connectivity index (χ4n) is 11.1. The van der Waals surface area contributed by atoms with Crippen LogP contribution in [0, 0.1) is 0 Å². The van der Waals surface area contributed by atoms with Crippen molar-refractivity contribution in [2.24, 2.45) is 0 Å². The third-order valence-corrected chi connectivity index (χ3v) is 26.9. The van der Waals surface area contributed by atoms with Crippen LogP contribution in [0.3, 0.4) is 0 Å². The van der Waals surface area contributed by atoms with Gasteiger partial charge < -0.3 is 24.8 Å². The third-order valence-electron chi connectivity index (χ3n) is 16.1. The Morgan fingerprint density at radius 2 is 0.417 bits per heavy atom. The van der Waals surface area contributed by atoms with Gasteiger partial charge in [-0.2, -0.15) is 24.3 Å². The van der Waals surface area contributed by atoms with E-state index in [1.165, 1.54) is 246 Å². The Bertz CT molecular complexity index is 2410. The summed E-state index contributed by atoms with van der Waals surface area (Å²) < 4.78 is 0. The first-order valence-corrected chi connectivity index (χ1v) is 39.9. The summed E-state index contributed by atoms with van der Waals surface area (Å²) in [7, 11) is 0.300. The molecule has 0 saturated carbocycles. The monoisotopic (exact) mass is 1400 g/mol. The molecular formula is C76H112Cl2P4Zr2-2. The second-order valence-electron chi connectivity index (χ2n) is 23.0. The molecule has 0 unspecified atom stereocenters. The van der Waals surface area contributed by atoms with Gasteiger partial charge in [0.25, 0.3) is 0 Å². The quantitative estimate of drug-likeness (QED) is 0.0209. The van der Waals surface area contributed by atoms with Gasteiger partial charge in [-0.3, -0.25) is 0 Å². The van der Waals surface area contributed by atoms with Gasteiger partial charge in [0.05, 0.1) is 0 Å². The molecule has 0 heterocycles. The van der Waals surface area contributed by atoms with Crippen molar-refractivity contribution in [1.29, 1.82) is 0 Å². The molecule has 8 heteroatoms. The standard InChI is InChI=1S/2C21H32P.2C17H24P.2ClH.2Zr/c2*1-3-5-7-11-15-22(16-12-8-6-4-2)21-17-19-13-9-10-14-20(19)18-21;2*1-3-5-11-18(12-6-4-2)17-13-15-9-7-8-10-16(15)14-17;;;;/h2*9-10,13-14,17-18H,3-8,11-12,15-16H2,1-2H3;2*7-10,13-14H,3-6,11-12H2,1-2H3;2*1H;;/q4*-1;;;2*+2/p-2. The maximum atomic E-state index is 2.47. The molecule has 8 aromatic rings. The Morgan fingerprint density at radius 3 is 0.595 bits per heavy atom. The molecular weight excluding hydrogens is 1290 g/mol. The summed E-state index contributed by atoms with van der Waals surface area (Å²) in [4.78, 5) is 0. The van der Waals surface area contributed by atoms with Crippen LogP contribution in [0.2, 0.25) is 0 Å². The van der Waals surface area contributed by atoms with Gasteiger partial charge >= 0.3 is 52.4 Å². The van der Waals surface area contributed by atoms with E-state index < -0.39 is 0 Å². The summed E-state index contributed by atoms with van der Waals surface area (Å²) in [6.07, 6.45) is 44.7. The predicted molar refractivity (Wildman–Crippen MR) is 380 cm³/mol. The summed E-state index contributed by atoms with van der Waals surface area (Å²) in [5.74, 6) is 0. The van der Waals surface area contributed by atoms with E-state index in [1.54, 1.807) is 21.2 Å². The Morgan fingerprint density at radius 1 is 0.238 bits per heavy atom. The van der Waals surface area contributed by atoms with Crippen molar-refractivity contribution in [3.05, 3.63) is 146 Å². The van der Waals surface area contributed by atoms with Gasteiger partial charge in [-0.25, -0.2) is 0 Å². The number of benzene rings is 4. The maximum absolute atomic E-state index is 2.47. The second-order valence-corrected chi connectivity index (χ2v) is 32.9. The molecule has 0 N–H and O–H groups in total. The number of rotatable bonds is 36. The average molecular weight is 1400 g/mol. The van der Waals surface area contributed by atoms with Crippen LogP contribution >= 0.6 is 31.7 Å². The van der Waals surface area contributed by atoms with E-state index in [-0.39, 0.29) is 109 Å². The third kappa shape index (κ3) is 30.5. The zero-order chi connectivity index (χ0) is 56.8. The van der Waals surface area contributed by atoms with Gasteiger partial charge in [-0.1, -0.05) is 214 Å². The molecule has 0 aliphatic rings. The van der Waals surface area contributed by atoms with E-state index in [4.69, 9.17) is 0 Å². The molecule has 0 bridgehead atoms. The molecule has 0 nitrogen and oxygen atoms in total. The average Bonchev–Trinajstić information content (AvgIpc) is 4.40. The normalized spacial score (nSPS) is 11.0. The smallest absolute Gasteiger partial charge is 1.00 e. The van der Waals surface area contributed by atoms with Crippen LogP contribution in [0.1, 0.15) is 209 Å². The van der Waals surface area contributed by atoms with Gasteiger partial charge in [0.1, 0.15) is 0 Å². The van der Waals surface area contributed by atoms with Gasteiger partial charge in [0.15, 0.2) is 0 Å². The van der Waals surface area contributed by atoms with E-state index >= 15 is 0 Å². The summed E-state index contributed by atoms with van der Waals surface area (Å²) in [5, 5.41) is 18.0. The van der Waals surface area contributed by atoms with E-state index in [0.717, 1.165) is 0 Å². The minimum Gasteiger partial charge on any atom is -1.00 e. The molecule has 0 aromatic heterocycles. The van der Waals surface area contributed by atoms with Crippen LogP contribution in [0.25, 0.3) is 43.1 Å². The summed E-state index contributed by atoms with van der Waals surface area (Å²) in [6.45, 7) is 18.4. The molecule has 0 aliphatic heterocycles. The van der Waals surface area contributed by atoms with Crippen molar-refractivity contribution in [1.82, 2.24) is 0 Å². The Labute approximate surface area is 572 Å². The van der Waals surface area contributed by atoms with Crippen LogP contribution in [0.15, 0.2) is 146 Å². The first kappa shape index (κ1) is 81.4. The van der Waals surface area contributed by atoms with Crippen molar-refractivity contribution in [3.63, 3.8) is 0 Å². The molecule has 0 saturated heterocycles. The van der Waals surface area contributed by atoms with Crippen LogP contribution in [-0.2, 0) is 52.4 Å². The fourth-order valence-corrected chi connectivity index (χ4v) is 21.8. The Balaban J connectivity index is 0.000000553. The molecule has 8 rings (SSSR count). The van der Waals surface area contributed by atoms with Crippen molar-refractivity contribution in [3.8, 4) is 0 Å². The van der Waals surface area contributed by atoms with Crippen LogP contribution in [0.4, 0.5) is 0 Å². The Kier molecular flexibility index (Phi) is 49.5. The number of fused-ring (bicyclic) bond motifs is 4. The molecule has 0 fully saturated rings. The number of halogens is 2. The predicted octanol–water partition coefficient (Wildman–Crippen LogP) is 18.2.